The van der Waals surface area contributed by atoms with Crippen LogP contribution in [0.1, 0.15) is 72.1 Å². The van der Waals surface area contributed by atoms with Gasteiger partial charge in [0.1, 0.15) is 0 Å². The monoisotopic (exact) mass is 265 g/mol. The molecule has 19 heavy (non-hydrogen) atoms. The van der Waals surface area contributed by atoms with Crippen LogP contribution in [0.15, 0.2) is 0 Å². The van der Waals surface area contributed by atoms with Crippen LogP contribution >= 0.6 is 0 Å². The summed E-state index contributed by atoms with van der Waals surface area (Å²) < 4.78 is 5.97. The molecule has 0 aliphatic heterocycles. The van der Waals surface area contributed by atoms with E-state index in [1.54, 1.807) is 0 Å². The smallest absolute Gasteiger partial charge is 0.0661 e. The Morgan fingerprint density at radius 3 is 2.42 bits per heavy atom. The maximum atomic E-state index is 5.97. The average Bonchev–Trinajstić information content (AvgIpc) is 2.27. The first-order chi connectivity index (χ1) is 9.08. The van der Waals surface area contributed by atoms with Crippen LogP contribution in [0.3, 0.4) is 0 Å². The second-order valence-electron chi connectivity index (χ2n) is 7.77. The second-order valence-corrected chi connectivity index (χ2v) is 7.77. The molecule has 3 fully saturated rings. The minimum Gasteiger partial charge on any atom is -0.378 e. The molecule has 0 aromatic heterocycles. The van der Waals surface area contributed by atoms with Gasteiger partial charge in [0.25, 0.3) is 0 Å². The Labute approximate surface area is 118 Å². The highest BCUT2D eigenvalue weighted by Gasteiger charge is 2.59. The third-order valence-electron chi connectivity index (χ3n) is 6.35. The Morgan fingerprint density at radius 2 is 1.84 bits per heavy atom. The minimum atomic E-state index is 0.486. The van der Waals surface area contributed by atoms with Crippen molar-refractivity contribution in [2.75, 3.05) is 6.61 Å². The van der Waals surface area contributed by atoms with Crippen molar-refractivity contribution in [1.29, 1.82) is 0 Å². The maximum Gasteiger partial charge on any atom is 0.0661 e. The summed E-state index contributed by atoms with van der Waals surface area (Å²) in [6, 6.07) is 1.46. The van der Waals surface area contributed by atoms with Crippen LogP contribution in [0.4, 0.5) is 0 Å². The molecule has 3 saturated carbocycles. The molecule has 0 aromatic carbocycles. The lowest BCUT2D eigenvalue weighted by Gasteiger charge is -2.62. The first-order valence-electron chi connectivity index (χ1n) is 8.46. The molecule has 0 amide bonds. The van der Waals surface area contributed by atoms with Crippen molar-refractivity contribution in [3.05, 3.63) is 0 Å². The highest BCUT2D eigenvalue weighted by Crippen LogP contribution is 2.57. The summed E-state index contributed by atoms with van der Waals surface area (Å²) in [7, 11) is 0. The van der Waals surface area contributed by atoms with Gasteiger partial charge in [-0.25, -0.2) is 0 Å². The van der Waals surface area contributed by atoms with Crippen LogP contribution in [-0.2, 0) is 4.74 Å². The summed E-state index contributed by atoms with van der Waals surface area (Å²) >= 11 is 0. The minimum absolute atomic E-state index is 0.486. The van der Waals surface area contributed by atoms with Crippen molar-refractivity contribution >= 4 is 0 Å². The van der Waals surface area contributed by atoms with Gasteiger partial charge in [-0.2, -0.15) is 0 Å². The largest absolute Gasteiger partial charge is 0.378 e. The van der Waals surface area contributed by atoms with E-state index in [0.29, 0.717) is 16.9 Å². The zero-order valence-electron chi connectivity index (χ0n) is 13.0. The molecule has 1 spiro atoms. The second kappa shape index (κ2) is 5.04. The Morgan fingerprint density at radius 1 is 1.05 bits per heavy atom. The van der Waals surface area contributed by atoms with Gasteiger partial charge in [0.15, 0.2) is 0 Å². The predicted molar refractivity (Wildman–Crippen MR) is 79.3 cm³/mol. The molecule has 3 unspecified atom stereocenters. The van der Waals surface area contributed by atoms with E-state index in [9.17, 15) is 0 Å². The van der Waals surface area contributed by atoms with Crippen molar-refractivity contribution < 1.29 is 4.74 Å². The van der Waals surface area contributed by atoms with Gasteiger partial charge in [-0.05, 0) is 44.4 Å². The normalized spacial score (nSPS) is 39.6. The van der Waals surface area contributed by atoms with Crippen LogP contribution in [0.5, 0.6) is 0 Å². The van der Waals surface area contributed by atoms with Crippen molar-refractivity contribution in [3.63, 3.8) is 0 Å². The van der Waals surface area contributed by atoms with Gasteiger partial charge in [0.05, 0.1) is 6.10 Å². The molecule has 1 N–H and O–H groups in total. The van der Waals surface area contributed by atoms with E-state index in [4.69, 9.17) is 4.74 Å². The Balaban J connectivity index is 1.61. The molecule has 3 aliphatic rings. The number of hydrogen-bond donors (Lipinski definition) is 1. The molecule has 0 saturated heterocycles. The van der Waals surface area contributed by atoms with Crippen LogP contribution in [0.25, 0.3) is 0 Å². The summed E-state index contributed by atoms with van der Waals surface area (Å²) in [4.78, 5) is 0. The zero-order chi connectivity index (χ0) is 13.5. The van der Waals surface area contributed by atoms with Gasteiger partial charge >= 0.3 is 0 Å². The zero-order valence-corrected chi connectivity index (χ0v) is 13.0. The maximum absolute atomic E-state index is 5.97. The van der Waals surface area contributed by atoms with Gasteiger partial charge in [0.2, 0.25) is 0 Å². The molecular weight excluding hydrogens is 234 g/mol. The van der Waals surface area contributed by atoms with Gasteiger partial charge < -0.3 is 10.1 Å². The average molecular weight is 265 g/mol. The van der Waals surface area contributed by atoms with Crippen LogP contribution in [0, 0.1) is 10.8 Å². The molecule has 2 heteroatoms. The quantitative estimate of drug-likeness (QED) is 0.832. The third-order valence-corrected chi connectivity index (χ3v) is 6.35. The SMILES string of the molecule is CCOC1CC(NC2CCCCC2(C)C)C12CCC2. The summed E-state index contributed by atoms with van der Waals surface area (Å²) in [5.41, 5.74) is 1.00. The lowest BCUT2D eigenvalue weighted by Crippen LogP contribution is -2.69. The van der Waals surface area contributed by atoms with Crippen molar-refractivity contribution in [2.24, 2.45) is 10.8 Å². The van der Waals surface area contributed by atoms with Crippen molar-refractivity contribution in [3.8, 4) is 0 Å². The summed E-state index contributed by atoms with van der Waals surface area (Å²) in [6.45, 7) is 7.93. The van der Waals surface area contributed by atoms with Crippen LogP contribution in [-0.4, -0.2) is 24.8 Å². The molecule has 2 nitrogen and oxygen atoms in total. The van der Waals surface area contributed by atoms with Crippen LogP contribution in [0.2, 0.25) is 0 Å². The van der Waals surface area contributed by atoms with Crippen LogP contribution < -0.4 is 5.32 Å². The summed E-state index contributed by atoms with van der Waals surface area (Å²) in [6.07, 6.45) is 11.6. The first kappa shape index (κ1) is 13.9. The fourth-order valence-corrected chi connectivity index (χ4v) is 4.72. The van der Waals surface area contributed by atoms with Gasteiger partial charge in [-0.15, -0.1) is 0 Å². The van der Waals surface area contributed by atoms with E-state index in [1.807, 2.05) is 0 Å². The highest BCUT2D eigenvalue weighted by atomic mass is 16.5. The topological polar surface area (TPSA) is 21.3 Å². The van der Waals surface area contributed by atoms with Gasteiger partial charge in [0, 0.05) is 24.1 Å². The number of nitrogens with one attached hydrogen (secondary N) is 1. The Hall–Kier alpha value is -0.0800. The lowest BCUT2D eigenvalue weighted by molar-refractivity contribution is -0.177. The molecule has 110 valence electrons. The molecule has 3 aliphatic carbocycles. The fraction of sp³-hybridized carbons (Fsp3) is 1.00. The van der Waals surface area contributed by atoms with E-state index in [-0.39, 0.29) is 0 Å². The Kier molecular flexibility index (Phi) is 3.68. The van der Waals surface area contributed by atoms with E-state index in [1.165, 1.54) is 51.4 Å². The van der Waals surface area contributed by atoms with E-state index < -0.39 is 0 Å². The summed E-state index contributed by atoms with van der Waals surface area (Å²) in [5.74, 6) is 0. The van der Waals surface area contributed by atoms with E-state index in [0.717, 1.165) is 18.7 Å². The molecule has 0 aromatic rings. The molecule has 3 atom stereocenters. The van der Waals surface area contributed by atoms with Gasteiger partial charge in [-0.3, -0.25) is 0 Å². The molecule has 0 radical (unpaired) electrons. The molecule has 0 bridgehead atoms. The van der Waals surface area contributed by atoms with Gasteiger partial charge in [-0.1, -0.05) is 33.1 Å². The third kappa shape index (κ3) is 2.25. The fourth-order valence-electron chi connectivity index (χ4n) is 4.72. The van der Waals surface area contributed by atoms with Crippen molar-refractivity contribution in [1.82, 2.24) is 5.32 Å². The lowest BCUT2D eigenvalue weighted by atomic mass is 9.50. The Bertz CT molecular complexity index is 321. The molecule has 3 rings (SSSR count). The summed E-state index contributed by atoms with van der Waals surface area (Å²) in [5, 5.41) is 4.05. The van der Waals surface area contributed by atoms with E-state index in [2.05, 4.69) is 26.1 Å². The standard InChI is InChI=1S/C17H31NO/c1-4-19-15-12-14(17(15)10-7-11-17)18-13-8-5-6-9-16(13,2)3/h13-15,18H,4-12H2,1-3H3. The van der Waals surface area contributed by atoms with E-state index >= 15 is 0 Å². The number of hydrogen-bond acceptors (Lipinski definition) is 2. The molecular formula is C17H31NO. The predicted octanol–water partition coefficient (Wildman–Crippen LogP) is 3.89. The number of rotatable bonds is 4. The highest BCUT2D eigenvalue weighted by molar-refractivity contribution is 5.13. The van der Waals surface area contributed by atoms with Crippen molar-refractivity contribution in [2.45, 2.75) is 90.3 Å². The first-order valence-corrected chi connectivity index (χ1v) is 8.46. The molecule has 0 heterocycles. The number of ether oxygens (including phenoxy) is 1.